The first kappa shape index (κ1) is 13.8. The van der Waals surface area contributed by atoms with Gasteiger partial charge in [-0.15, -0.1) is 0 Å². The van der Waals surface area contributed by atoms with Crippen molar-refractivity contribution in [2.45, 2.75) is 32.4 Å². The van der Waals surface area contributed by atoms with E-state index in [9.17, 15) is 4.79 Å². The summed E-state index contributed by atoms with van der Waals surface area (Å²) >= 11 is 0. The third-order valence-electron chi connectivity index (χ3n) is 3.72. The number of aryl methyl sites for hydroxylation is 1. The number of carbonyl (C=O) groups is 1. The van der Waals surface area contributed by atoms with Gasteiger partial charge in [-0.3, -0.25) is 9.48 Å². The van der Waals surface area contributed by atoms with Crippen LogP contribution in [0.3, 0.4) is 0 Å². The number of aromatic nitrogens is 2. The second-order valence-electron chi connectivity index (χ2n) is 5.34. The Morgan fingerprint density at radius 2 is 2.33 bits per heavy atom. The van der Waals surface area contributed by atoms with Crippen molar-refractivity contribution in [3.05, 3.63) is 47.8 Å². The van der Waals surface area contributed by atoms with E-state index < -0.39 is 0 Å². The van der Waals surface area contributed by atoms with Crippen molar-refractivity contribution < 1.29 is 9.53 Å². The third-order valence-corrected chi connectivity index (χ3v) is 3.72. The number of hydrogen-bond acceptors (Lipinski definition) is 3. The first-order valence-corrected chi connectivity index (χ1v) is 7.22. The largest absolute Gasteiger partial charge is 0.368 e. The Hall–Kier alpha value is -2.14. The highest BCUT2D eigenvalue weighted by atomic mass is 16.5. The van der Waals surface area contributed by atoms with Gasteiger partial charge < -0.3 is 10.1 Å². The fourth-order valence-electron chi connectivity index (χ4n) is 2.48. The number of hydrogen-bond donors (Lipinski definition) is 1. The molecule has 1 fully saturated rings. The summed E-state index contributed by atoms with van der Waals surface area (Å²) in [7, 11) is 0. The molecule has 3 rings (SSSR count). The Kier molecular flexibility index (Phi) is 4.01. The van der Waals surface area contributed by atoms with Crippen LogP contribution in [0.1, 0.15) is 24.0 Å². The fraction of sp³-hybridized carbons (Fsp3) is 0.375. The van der Waals surface area contributed by atoms with Crippen LogP contribution < -0.4 is 5.32 Å². The lowest BCUT2D eigenvalue weighted by Crippen LogP contribution is -2.26. The van der Waals surface area contributed by atoms with Gasteiger partial charge in [-0.25, -0.2) is 0 Å². The van der Waals surface area contributed by atoms with E-state index in [4.69, 9.17) is 4.74 Å². The molecule has 1 amide bonds. The first-order chi connectivity index (χ1) is 10.2. The maximum Gasteiger partial charge on any atom is 0.253 e. The number of rotatable bonds is 4. The van der Waals surface area contributed by atoms with Crippen molar-refractivity contribution in [3.8, 4) is 0 Å². The minimum atomic E-state index is -0.315. The van der Waals surface area contributed by atoms with E-state index in [0.717, 1.165) is 12.8 Å². The molecule has 0 spiro atoms. The van der Waals surface area contributed by atoms with Crippen LogP contribution in [0.25, 0.3) is 0 Å². The third kappa shape index (κ3) is 3.31. The van der Waals surface area contributed by atoms with Gasteiger partial charge in [0.25, 0.3) is 5.91 Å². The number of nitrogens with zero attached hydrogens (tertiary/aromatic N) is 2. The van der Waals surface area contributed by atoms with E-state index in [1.807, 2.05) is 23.0 Å². The summed E-state index contributed by atoms with van der Waals surface area (Å²) in [6, 6.07) is 8.21. The summed E-state index contributed by atoms with van der Waals surface area (Å²) in [5, 5.41) is 7.15. The van der Waals surface area contributed by atoms with Gasteiger partial charge in [0, 0.05) is 12.8 Å². The zero-order chi connectivity index (χ0) is 14.7. The molecule has 5 nitrogen and oxygen atoms in total. The summed E-state index contributed by atoms with van der Waals surface area (Å²) in [6.45, 7) is 3.45. The monoisotopic (exact) mass is 285 g/mol. The van der Waals surface area contributed by atoms with Gasteiger partial charge in [-0.1, -0.05) is 24.3 Å². The fourth-order valence-corrected chi connectivity index (χ4v) is 2.48. The molecular weight excluding hydrogens is 266 g/mol. The predicted octanol–water partition coefficient (Wildman–Crippen LogP) is 2.36. The van der Waals surface area contributed by atoms with Crippen LogP contribution in [0.5, 0.6) is 0 Å². The highest BCUT2D eigenvalue weighted by Crippen LogP contribution is 2.15. The quantitative estimate of drug-likeness (QED) is 0.938. The minimum Gasteiger partial charge on any atom is -0.368 e. The van der Waals surface area contributed by atoms with E-state index in [0.29, 0.717) is 18.8 Å². The number of amides is 1. The average Bonchev–Trinajstić information content (AvgIpc) is 3.13. The van der Waals surface area contributed by atoms with Gasteiger partial charge >= 0.3 is 0 Å². The van der Waals surface area contributed by atoms with Crippen molar-refractivity contribution in [1.82, 2.24) is 9.78 Å². The Labute approximate surface area is 123 Å². The predicted molar refractivity (Wildman–Crippen MR) is 80.1 cm³/mol. The van der Waals surface area contributed by atoms with Crippen molar-refractivity contribution >= 4 is 11.6 Å². The van der Waals surface area contributed by atoms with Crippen LogP contribution >= 0.6 is 0 Å². The summed E-state index contributed by atoms with van der Waals surface area (Å²) in [4.78, 5) is 12.0. The lowest BCUT2D eigenvalue weighted by Gasteiger charge is -2.08. The number of anilines is 1. The van der Waals surface area contributed by atoms with E-state index in [1.54, 1.807) is 6.20 Å². The number of nitrogens with one attached hydrogen (secondary N) is 1. The van der Waals surface area contributed by atoms with Crippen LogP contribution in [-0.4, -0.2) is 28.4 Å². The van der Waals surface area contributed by atoms with Crippen LogP contribution in [0, 0.1) is 6.92 Å². The highest BCUT2D eigenvalue weighted by molar-refractivity contribution is 5.94. The first-order valence-electron chi connectivity index (χ1n) is 7.22. The van der Waals surface area contributed by atoms with Gasteiger partial charge in [0.05, 0.1) is 18.4 Å². The molecule has 1 aliphatic rings. The summed E-state index contributed by atoms with van der Waals surface area (Å²) < 4.78 is 7.19. The second-order valence-corrected chi connectivity index (χ2v) is 5.34. The Morgan fingerprint density at radius 3 is 3.10 bits per heavy atom. The lowest BCUT2D eigenvalue weighted by molar-refractivity contribution is -0.124. The van der Waals surface area contributed by atoms with Crippen LogP contribution in [0.4, 0.5) is 5.69 Å². The molecule has 21 heavy (non-hydrogen) atoms. The second kappa shape index (κ2) is 6.10. The van der Waals surface area contributed by atoms with E-state index in [-0.39, 0.29) is 12.0 Å². The molecular formula is C16H19N3O2. The maximum absolute atomic E-state index is 12.0. The topological polar surface area (TPSA) is 56.2 Å². The van der Waals surface area contributed by atoms with E-state index >= 15 is 0 Å². The smallest absolute Gasteiger partial charge is 0.253 e. The van der Waals surface area contributed by atoms with Crippen LogP contribution in [-0.2, 0) is 16.1 Å². The Bertz CT molecular complexity index is 630. The van der Waals surface area contributed by atoms with Gasteiger partial charge in [0.2, 0.25) is 0 Å². The average molecular weight is 285 g/mol. The van der Waals surface area contributed by atoms with Gasteiger partial charge in [0.15, 0.2) is 0 Å². The molecule has 2 aromatic rings. The molecule has 1 aromatic heterocycles. The minimum absolute atomic E-state index is 0.0806. The Balaban J connectivity index is 1.63. The number of benzene rings is 1. The molecule has 5 heteroatoms. The van der Waals surface area contributed by atoms with Crippen LogP contribution in [0.15, 0.2) is 36.7 Å². The van der Waals surface area contributed by atoms with E-state index in [1.165, 1.54) is 11.1 Å². The molecule has 110 valence electrons. The van der Waals surface area contributed by atoms with Crippen LogP contribution in [0.2, 0.25) is 0 Å². The molecule has 0 radical (unpaired) electrons. The molecule has 0 bridgehead atoms. The lowest BCUT2D eigenvalue weighted by atomic mass is 10.1. The molecule has 0 unspecified atom stereocenters. The molecule has 0 saturated carbocycles. The molecule has 1 aliphatic heterocycles. The molecule has 1 atom stereocenters. The normalized spacial score (nSPS) is 17.9. The van der Waals surface area contributed by atoms with Gasteiger partial charge in [0.1, 0.15) is 6.10 Å². The molecule has 1 N–H and O–H groups in total. The van der Waals surface area contributed by atoms with Crippen molar-refractivity contribution in [2.24, 2.45) is 0 Å². The summed E-state index contributed by atoms with van der Waals surface area (Å²) in [5.41, 5.74) is 3.17. The number of ether oxygens (including phenoxy) is 1. The van der Waals surface area contributed by atoms with Crippen molar-refractivity contribution in [2.75, 3.05) is 11.9 Å². The number of carbonyl (C=O) groups excluding carboxylic acids is 1. The summed E-state index contributed by atoms with van der Waals surface area (Å²) in [5.74, 6) is -0.0806. The molecule has 2 heterocycles. The maximum atomic E-state index is 12.0. The SMILES string of the molecule is Cc1ccccc1Cn1cc(NC(=O)[C@@H]2CCCO2)cn1. The molecule has 0 aliphatic carbocycles. The zero-order valence-electron chi connectivity index (χ0n) is 12.1. The summed E-state index contributed by atoms with van der Waals surface area (Å²) in [6.07, 6.45) is 4.95. The highest BCUT2D eigenvalue weighted by Gasteiger charge is 2.23. The van der Waals surface area contributed by atoms with Crippen molar-refractivity contribution in [3.63, 3.8) is 0 Å². The molecule has 1 aromatic carbocycles. The standard InChI is InChI=1S/C16H19N3O2/c1-12-5-2-3-6-13(12)10-19-11-14(9-17-19)18-16(20)15-7-4-8-21-15/h2-3,5-6,9,11,15H,4,7-8,10H2,1H3,(H,18,20)/t15-/m0/s1. The Morgan fingerprint density at radius 1 is 1.48 bits per heavy atom. The molecule has 1 saturated heterocycles. The van der Waals surface area contributed by atoms with Gasteiger partial charge in [-0.2, -0.15) is 5.10 Å². The zero-order valence-corrected chi connectivity index (χ0v) is 12.1. The van der Waals surface area contributed by atoms with E-state index in [2.05, 4.69) is 29.5 Å². The van der Waals surface area contributed by atoms with Gasteiger partial charge in [-0.05, 0) is 30.9 Å². The van der Waals surface area contributed by atoms with Crippen molar-refractivity contribution in [1.29, 1.82) is 0 Å².